The molecule has 0 spiro atoms. The standard InChI is InChI=1S/C24H18Cl2N2/c25-21-13-12-20(15-22(21)26)28-24(18-9-5-2-6-10-18)23-14-11-19(16-27-23)17-7-3-1-4-8-17/h1-16,24,28H. The second-order valence-electron chi connectivity index (χ2n) is 6.45. The van der Waals surface area contributed by atoms with Crippen molar-refractivity contribution in [2.24, 2.45) is 0 Å². The third kappa shape index (κ3) is 4.19. The zero-order valence-electron chi connectivity index (χ0n) is 15.0. The largest absolute Gasteiger partial charge is 0.373 e. The van der Waals surface area contributed by atoms with Gasteiger partial charge in [-0.15, -0.1) is 0 Å². The third-order valence-corrected chi connectivity index (χ3v) is 5.29. The molecule has 4 heteroatoms. The molecule has 0 amide bonds. The summed E-state index contributed by atoms with van der Waals surface area (Å²) in [6.45, 7) is 0. The Balaban J connectivity index is 1.68. The van der Waals surface area contributed by atoms with E-state index in [0.29, 0.717) is 10.0 Å². The van der Waals surface area contributed by atoms with E-state index in [-0.39, 0.29) is 6.04 Å². The smallest absolute Gasteiger partial charge is 0.0940 e. The Hall–Kier alpha value is -2.81. The summed E-state index contributed by atoms with van der Waals surface area (Å²) in [5.74, 6) is 0. The average molecular weight is 405 g/mol. The molecule has 1 aromatic heterocycles. The number of nitrogens with zero attached hydrogens (tertiary/aromatic N) is 1. The fourth-order valence-corrected chi connectivity index (χ4v) is 3.40. The zero-order valence-corrected chi connectivity index (χ0v) is 16.5. The number of hydrogen-bond donors (Lipinski definition) is 1. The molecule has 1 N–H and O–H groups in total. The molecule has 4 rings (SSSR count). The van der Waals surface area contributed by atoms with E-state index in [4.69, 9.17) is 28.2 Å². The molecule has 2 nitrogen and oxygen atoms in total. The summed E-state index contributed by atoms with van der Waals surface area (Å²) in [6, 6.07) is 30.1. The fourth-order valence-electron chi connectivity index (χ4n) is 3.10. The molecular formula is C24H18Cl2N2. The Bertz CT molecular complexity index is 1050. The maximum absolute atomic E-state index is 6.19. The van der Waals surface area contributed by atoms with Crippen LogP contribution in [0, 0.1) is 0 Å². The van der Waals surface area contributed by atoms with Gasteiger partial charge in [0.25, 0.3) is 0 Å². The van der Waals surface area contributed by atoms with Crippen LogP contribution in [-0.4, -0.2) is 4.98 Å². The van der Waals surface area contributed by atoms with Crippen LogP contribution < -0.4 is 5.32 Å². The molecule has 0 fully saturated rings. The van der Waals surface area contributed by atoms with Crippen molar-refractivity contribution in [2.75, 3.05) is 5.32 Å². The molecule has 0 saturated carbocycles. The van der Waals surface area contributed by atoms with Gasteiger partial charge in [-0.1, -0.05) is 89.9 Å². The first-order chi connectivity index (χ1) is 13.7. The zero-order chi connectivity index (χ0) is 19.3. The summed E-state index contributed by atoms with van der Waals surface area (Å²) in [5.41, 5.74) is 5.17. The van der Waals surface area contributed by atoms with Crippen molar-refractivity contribution in [3.05, 3.63) is 118 Å². The van der Waals surface area contributed by atoms with E-state index in [1.807, 2.05) is 54.7 Å². The summed E-state index contributed by atoms with van der Waals surface area (Å²) >= 11 is 12.2. The van der Waals surface area contributed by atoms with E-state index in [2.05, 4.69) is 41.7 Å². The van der Waals surface area contributed by atoms with Crippen molar-refractivity contribution in [3.8, 4) is 11.1 Å². The SMILES string of the molecule is Clc1ccc(NC(c2ccccc2)c2ccc(-c3ccccc3)cn2)cc1Cl. The van der Waals surface area contributed by atoms with Crippen molar-refractivity contribution in [3.63, 3.8) is 0 Å². The monoisotopic (exact) mass is 404 g/mol. The van der Waals surface area contributed by atoms with E-state index in [9.17, 15) is 0 Å². The quantitative estimate of drug-likeness (QED) is 0.378. The molecule has 3 aromatic carbocycles. The van der Waals surface area contributed by atoms with Crippen LogP contribution in [0.4, 0.5) is 5.69 Å². The highest BCUT2D eigenvalue weighted by Crippen LogP contribution is 2.30. The summed E-state index contributed by atoms with van der Waals surface area (Å²) in [7, 11) is 0. The van der Waals surface area contributed by atoms with Gasteiger partial charge in [-0.05, 0) is 35.4 Å². The maximum atomic E-state index is 6.19. The first-order valence-electron chi connectivity index (χ1n) is 8.98. The Morgan fingerprint density at radius 3 is 2.04 bits per heavy atom. The predicted octanol–water partition coefficient (Wildman–Crippen LogP) is 7.26. The van der Waals surface area contributed by atoms with Gasteiger partial charge in [-0.2, -0.15) is 0 Å². The lowest BCUT2D eigenvalue weighted by Gasteiger charge is -2.21. The van der Waals surface area contributed by atoms with E-state index in [1.54, 1.807) is 6.07 Å². The summed E-state index contributed by atoms with van der Waals surface area (Å²) in [4.78, 5) is 4.75. The fraction of sp³-hybridized carbons (Fsp3) is 0.0417. The van der Waals surface area contributed by atoms with Crippen LogP contribution in [0.1, 0.15) is 17.3 Å². The number of pyridine rings is 1. The van der Waals surface area contributed by atoms with Gasteiger partial charge in [0.2, 0.25) is 0 Å². The van der Waals surface area contributed by atoms with Crippen molar-refractivity contribution in [1.29, 1.82) is 0 Å². The van der Waals surface area contributed by atoms with Gasteiger partial charge in [0.05, 0.1) is 21.8 Å². The van der Waals surface area contributed by atoms with Crippen LogP contribution >= 0.6 is 23.2 Å². The molecule has 0 aliphatic heterocycles. The minimum Gasteiger partial charge on any atom is -0.373 e. The van der Waals surface area contributed by atoms with Crippen LogP contribution in [0.2, 0.25) is 10.0 Å². The number of hydrogen-bond acceptors (Lipinski definition) is 2. The topological polar surface area (TPSA) is 24.9 Å². The number of nitrogens with one attached hydrogen (secondary N) is 1. The normalized spacial score (nSPS) is 11.8. The summed E-state index contributed by atoms with van der Waals surface area (Å²) in [6.07, 6.45) is 1.91. The first-order valence-corrected chi connectivity index (χ1v) is 9.74. The molecule has 138 valence electrons. The van der Waals surface area contributed by atoms with Gasteiger partial charge >= 0.3 is 0 Å². The van der Waals surface area contributed by atoms with Gasteiger partial charge in [0, 0.05) is 17.4 Å². The average Bonchev–Trinajstić information content (AvgIpc) is 2.76. The third-order valence-electron chi connectivity index (χ3n) is 4.55. The molecular weight excluding hydrogens is 387 g/mol. The summed E-state index contributed by atoms with van der Waals surface area (Å²) in [5, 5.41) is 4.59. The first kappa shape index (κ1) is 18.5. The highest BCUT2D eigenvalue weighted by atomic mass is 35.5. The number of benzene rings is 3. The molecule has 0 aliphatic carbocycles. The lowest BCUT2D eigenvalue weighted by atomic mass is 10.0. The van der Waals surface area contributed by atoms with Crippen LogP contribution in [0.25, 0.3) is 11.1 Å². The maximum Gasteiger partial charge on any atom is 0.0940 e. The summed E-state index contributed by atoms with van der Waals surface area (Å²) < 4.78 is 0. The van der Waals surface area contributed by atoms with E-state index in [0.717, 1.165) is 28.1 Å². The Kier molecular flexibility index (Phi) is 5.61. The minimum absolute atomic E-state index is 0.108. The van der Waals surface area contributed by atoms with Crippen molar-refractivity contribution < 1.29 is 0 Å². The van der Waals surface area contributed by atoms with E-state index >= 15 is 0 Å². The molecule has 0 saturated heterocycles. The van der Waals surface area contributed by atoms with Crippen molar-refractivity contribution >= 4 is 28.9 Å². The second kappa shape index (κ2) is 8.47. The van der Waals surface area contributed by atoms with E-state index in [1.165, 1.54) is 0 Å². The van der Waals surface area contributed by atoms with Crippen LogP contribution in [-0.2, 0) is 0 Å². The lowest BCUT2D eigenvalue weighted by molar-refractivity contribution is 0.887. The van der Waals surface area contributed by atoms with Crippen molar-refractivity contribution in [2.45, 2.75) is 6.04 Å². The van der Waals surface area contributed by atoms with Gasteiger partial charge in [0.15, 0.2) is 0 Å². The minimum atomic E-state index is -0.108. The van der Waals surface area contributed by atoms with Crippen LogP contribution in [0.15, 0.2) is 97.2 Å². The molecule has 1 atom stereocenters. The highest BCUT2D eigenvalue weighted by Gasteiger charge is 2.16. The van der Waals surface area contributed by atoms with E-state index < -0.39 is 0 Å². The van der Waals surface area contributed by atoms with Gasteiger partial charge < -0.3 is 5.32 Å². The molecule has 0 aliphatic rings. The Labute approximate surface area is 174 Å². The molecule has 0 radical (unpaired) electrons. The van der Waals surface area contributed by atoms with Crippen LogP contribution in [0.3, 0.4) is 0 Å². The lowest BCUT2D eigenvalue weighted by Crippen LogP contribution is -2.13. The molecule has 4 aromatic rings. The molecule has 1 heterocycles. The number of rotatable bonds is 5. The molecule has 1 unspecified atom stereocenters. The number of aromatic nitrogens is 1. The van der Waals surface area contributed by atoms with Gasteiger partial charge in [-0.25, -0.2) is 0 Å². The molecule has 0 bridgehead atoms. The second-order valence-corrected chi connectivity index (χ2v) is 7.27. The highest BCUT2D eigenvalue weighted by molar-refractivity contribution is 6.42. The van der Waals surface area contributed by atoms with Crippen LogP contribution in [0.5, 0.6) is 0 Å². The predicted molar refractivity (Wildman–Crippen MR) is 118 cm³/mol. The molecule has 28 heavy (non-hydrogen) atoms. The number of halogens is 2. The Morgan fingerprint density at radius 2 is 1.39 bits per heavy atom. The van der Waals surface area contributed by atoms with Gasteiger partial charge in [0.1, 0.15) is 0 Å². The Morgan fingerprint density at radius 1 is 0.679 bits per heavy atom. The van der Waals surface area contributed by atoms with Crippen molar-refractivity contribution in [1.82, 2.24) is 4.98 Å². The van der Waals surface area contributed by atoms with Gasteiger partial charge in [-0.3, -0.25) is 4.98 Å². The number of anilines is 1.